The Hall–Kier alpha value is -2.53. The van der Waals surface area contributed by atoms with Gasteiger partial charge in [0, 0.05) is 10.6 Å². The molecule has 119 valence electrons. The summed E-state index contributed by atoms with van der Waals surface area (Å²) in [4.78, 5) is 22.7. The zero-order valence-electron chi connectivity index (χ0n) is 12.3. The molecule has 23 heavy (non-hydrogen) atoms. The zero-order valence-corrected chi connectivity index (χ0v) is 13.1. The molecule has 0 amide bonds. The van der Waals surface area contributed by atoms with Crippen molar-refractivity contribution in [2.75, 3.05) is 7.11 Å². The van der Waals surface area contributed by atoms with Crippen LogP contribution in [0, 0.1) is 0 Å². The maximum atomic E-state index is 12.1. The lowest BCUT2D eigenvalue weighted by Gasteiger charge is -2.14. The van der Waals surface area contributed by atoms with Crippen molar-refractivity contribution >= 4 is 24.0 Å². The SMILES string of the molecule is COc1ccc(C(O[C]=O)C(=O)OCc2ccc(Cl)cc2)cc1. The molecule has 2 aromatic carbocycles. The van der Waals surface area contributed by atoms with E-state index in [1.54, 1.807) is 48.5 Å². The van der Waals surface area contributed by atoms with Gasteiger partial charge >= 0.3 is 12.4 Å². The molecule has 0 aliphatic heterocycles. The molecule has 5 nitrogen and oxygen atoms in total. The van der Waals surface area contributed by atoms with Crippen LogP contribution in [0.4, 0.5) is 0 Å². The third-order valence-corrected chi connectivity index (χ3v) is 3.34. The average Bonchev–Trinajstić information content (AvgIpc) is 2.59. The highest BCUT2D eigenvalue weighted by Crippen LogP contribution is 2.22. The quantitative estimate of drug-likeness (QED) is 0.728. The number of carbonyl (C=O) groups excluding carboxylic acids is 2. The van der Waals surface area contributed by atoms with Gasteiger partial charge in [0.25, 0.3) is 0 Å². The lowest BCUT2D eigenvalue weighted by Crippen LogP contribution is -2.18. The lowest BCUT2D eigenvalue weighted by molar-refractivity contribution is -0.154. The van der Waals surface area contributed by atoms with Crippen LogP contribution in [0.3, 0.4) is 0 Å². The first-order valence-electron chi connectivity index (χ1n) is 6.72. The molecule has 0 fully saturated rings. The Morgan fingerprint density at radius 3 is 2.35 bits per heavy atom. The molecule has 0 saturated heterocycles. The second-order valence-electron chi connectivity index (χ2n) is 4.59. The summed E-state index contributed by atoms with van der Waals surface area (Å²) in [5, 5.41) is 0.593. The van der Waals surface area contributed by atoms with Crippen molar-refractivity contribution in [1.82, 2.24) is 0 Å². The summed E-state index contributed by atoms with van der Waals surface area (Å²) in [7, 11) is 1.53. The molecule has 0 N–H and O–H groups in total. The molecular weight excluding hydrogens is 320 g/mol. The third kappa shape index (κ3) is 4.72. The van der Waals surface area contributed by atoms with Crippen molar-refractivity contribution in [1.29, 1.82) is 0 Å². The maximum Gasteiger partial charge on any atom is 0.418 e. The van der Waals surface area contributed by atoms with Crippen molar-refractivity contribution in [3.05, 3.63) is 64.7 Å². The van der Waals surface area contributed by atoms with Gasteiger partial charge in [0.2, 0.25) is 6.10 Å². The van der Waals surface area contributed by atoms with Crippen molar-refractivity contribution in [3.8, 4) is 5.75 Å². The Morgan fingerprint density at radius 1 is 1.13 bits per heavy atom. The zero-order chi connectivity index (χ0) is 16.7. The first-order valence-corrected chi connectivity index (χ1v) is 7.09. The van der Waals surface area contributed by atoms with E-state index in [2.05, 4.69) is 0 Å². The molecule has 0 bridgehead atoms. The van der Waals surface area contributed by atoms with Gasteiger partial charge in [0.15, 0.2) is 0 Å². The predicted molar refractivity (Wildman–Crippen MR) is 83.8 cm³/mol. The molecule has 1 radical (unpaired) electrons. The monoisotopic (exact) mass is 333 g/mol. The molecule has 0 spiro atoms. The van der Waals surface area contributed by atoms with Crippen LogP contribution in [0.5, 0.6) is 5.75 Å². The van der Waals surface area contributed by atoms with Gasteiger partial charge in [-0.1, -0.05) is 35.9 Å². The van der Waals surface area contributed by atoms with Gasteiger partial charge < -0.3 is 14.2 Å². The van der Waals surface area contributed by atoms with E-state index in [1.165, 1.54) is 13.6 Å². The Morgan fingerprint density at radius 2 is 1.78 bits per heavy atom. The molecule has 2 rings (SSSR count). The Labute approximate surface area is 138 Å². The summed E-state index contributed by atoms with van der Waals surface area (Å²) in [5.41, 5.74) is 1.24. The van der Waals surface area contributed by atoms with E-state index in [1.807, 2.05) is 0 Å². The van der Waals surface area contributed by atoms with E-state index in [-0.39, 0.29) is 6.61 Å². The number of carbonyl (C=O) groups is 1. The molecular formula is C17H14ClO5. The highest BCUT2D eigenvalue weighted by Gasteiger charge is 2.24. The number of halogens is 1. The molecule has 1 unspecified atom stereocenters. The Balaban J connectivity index is 2.05. The fraction of sp³-hybridized carbons (Fsp3) is 0.176. The van der Waals surface area contributed by atoms with Crippen LogP contribution < -0.4 is 4.74 Å². The summed E-state index contributed by atoms with van der Waals surface area (Å²) in [6.07, 6.45) is -1.18. The average molecular weight is 334 g/mol. The third-order valence-electron chi connectivity index (χ3n) is 3.09. The minimum absolute atomic E-state index is 0.0465. The molecule has 0 saturated carbocycles. The summed E-state index contributed by atoms with van der Waals surface area (Å²) in [5.74, 6) is -0.0643. The van der Waals surface area contributed by atoms with Crippen LogP contribution in [0.25, 0.3) is 0 Å². The minimum atomic E-state index is -1.18. The van der Waals surface area contributed by atoms with Crippen LogP contribution in [0.1, 0.15) is 17.2 Å². The summed E-state index contributed by atoms with van der Waals surface area (Å²) in [6.45, 7) is 1.33. The number of hydrogen-bond acceptors (Lipinski definition) is 5. The van der Waals surface area contributed by atoms with Crippen LogP contribution in [0.15, 0.2) is 48.5 Å². The normalized spacial score (nSPS) is 11.4. The van der Waals surface area contributed by atoms with Gasteiger partial charge in [0.1, 0.15) is 12.4 Å². The van der Waals surface area contributed by atoms with E-state index in [9.17, 15) is 9.59 Å². The second kappa shape index (κ2) is 8.19. The molecule has 0 aliphatic rings. The number of rotatable bonds is 7. The first-order chi connectivity index (χ1) is 11.1. The van der Waals surface area contributed by atoms with E-state index in [0.717, 1.165) is 5.56 Å². The molecule has 1 atom stereocenters. The van der Waals surface area contributed by atoms with Gasteiger partial charge in [-0.25, -0.2) is 9.59 Å². The topological polar surface area (TPSA) is 61.8 Å². The van der Waals surface area contributed by atoms with Crippen molar-refractivity contribution in [2.45, 2.75) is 12.7 Å². The highest BCUT2D eigenvalue weighted by atomic mass is 35.5. The number of ether oxygens (including phenoxy) is 3. The molecule has 0 heterocycles. The number of methoxy groups -OCH3 is 1. The fourth-order valence-corrected chi connectivity index (χ4v) is 2.02. The highest BCUT2D eigenvalue weighted by molar-refractivity contribution is 6.30. The van der Waals surface area contributed by atoms with Gasteiger partial charge in [-0.05, 0) is 29.8 Å². The Kier molecular flexibility index (Phi) is 6.00. The largest absolute Gasteiger partial charge is 0.497 e. The van der Waals surface area contributed by atoms with Gasteiger partial charge in [-0.15, -0.1) is 0 Å². The Bertz CT molecular complexity index is 652. The van der Waals surface area contributed by atoms with Crippen LogP contribution in [0.2, 0.25) is 5.02 Å². The predicted octanol–water partition coefficient (Wildman–Crippen LogP) is 3.22. The molecule has 0 aliphatic carbocycles. The molecule has 6 heteroatoms. The van der Waals surface area contributed by atoms with Crippen molar-refractivity contribution in [2.24, 2.45) is 0 Å². The fourth-order valence-electron chi connectivity index (χ4n) is 1.89. The number of benzene rings is 2. The van der Waals surface area contributed by atoms with Crippen molar-refractivity contribution in [3.63, 3.8) is 0 Å². The summed E-state index contributed by atoms with van der Waals surface area (Å²) >= 11 is 5.79. The summed E-state index contributed by atoms with van der Waals surface area (Å²) in [6, 6.07) is 13.4. The first kappa shape index (κ1) is 16.8. The minimum Gasteiger partial charge on any atom is -0.497 e. The standard InChI is InChI=1S/C17H14ClO5/c1-21-15-8-4-13(5-9-15)16(23-11-19)17(20)22-10-12-2-6-14(18)7-3-12/h2-9,16H,10H2,1H3. The lowest BCUT2D eigenvalue weighted by atomic mass is 10.1. The summed E-state index contributed by atoms with van der Waals surface area (Å²) < 4.78 is 14.9. The van der Waals surface area contributed by atoms with Crippen LogP contribution >= 0.6 is 11.6 Å². The van der Waals surface area contributed by atoms with Gasteiger partial charge in [-0.3, -0.25) is 0 Å². The van der Waals surface area contributed by atoms with Gasteiger partial charge in [-0.2, -0.15) is 0 Å². The van der Waals surface area contributed by atoms with Gasteiger partial charge in [0.05, 0.1) is 7.11 Å². The smallest absolute Gasteiger partial charge is 0.418 e. The molecule has 0 aromatic heterocycles. The number of esters is 1. The molecule has 2 aromatic rings. The van der Waals surface area contributed by atoms with E-state index < -0.39 is 12.1 Å². The van der Waals surface area contributed by atoms with E-state index in [4.69, 9.17) is 25.8 Å². The maximum absolute atomic E-state index is 12.1. The second-order valence-corrected chi connectivity index (χ2v) is 5.02. The van der Waals surface area contributed by atoms with Crippen molar-refractivity contribution < 1.29 is 23.8 Å². The number of hydrogen-bond donors (Lipinski definition) is 0. The van der Waals surface area contributed by atoms with Crippen LogP contribution in [-0.4, -0.2) is 19.6 Å². The van der Waals surface area contributed by atoms with E-state index >= 15 is 0 Å². The van der Waals surface area contributed by atoms with E-state index in [0.29, 0.717) is 16.3 Å². The van der Waals surface area contributed by atoms with Crippen LogP contribution in [-0.2, 0) is 25.7 Å².